The van der Waals surface area contributed by atoms with Gasteiger partial charge in [0.2, 0.25) is 0 Å². The molecular formula is C24H23FN2O6. The minimum absolute atomic E-state index is 0.0643. The Balaban J connectivity index is 1.36. The van der Waals surface area contributed by atoms with Crippen LogP contribution >= 0.6 is 0 Å². The number of halogens is 1. The number of hydrogen-bond acceptors (Lipinski definition) is 6. The van der Waals surface area contributed by atoms with Crippen molar-refractivity contribution in [2.45, 2.75) is 25.5 Å². The number of likely N-dealkylation sites (N-methyl/N-ethyl adjacent to an activating group) is 1. The van der Waals surface area contributed by atoms with Gasteiger partial charge in [-0.05, 0) is 48.7 Å². The molecule has 172 valence electrons. The second-order valence-corrected chi connectivity index (χ2v) is 8.07. The first kappa shape index (κ1) is 22.6. The largest absolute Gasteiger partial charge is 0.452 e. The minimum Gasteiger partial charge on any atom is -0.452 e. The summed E-state index contributed by atoms with van der Waals surface area (Å²) in [6, 6.07) is 9.98. The van der Waals surface area contributed by atoms with E-state index in [1.165, 1.54) is 42.3 Å². The Bertz CT molecular complexity index is 1110. The number of imide groups is 1. The number of carbonyl (C=O) groups is 4. The summed E-state index contributed by atoms with van der Waals surface area (Å²) in [7, 11) is 1.52. The van der Waals surface area contributed by atoms with E-state index in [4.69, 9.17) is 9.47 Å². The maximum absolute atomic E-state index is 13.3. The maximum atomic E-state index is 13.3. The van der Waals surface area contributed by atoms with Crippen LogP contribution < -0.4 is 0 Å². The first-order chi connectivity index (χ1) is 15.8. The Kier molecular flexibility index (Phi) is 6.50. The van der Waals surface area contributed by atoms with Crippen LogP contribution in [0.1, 0.15) is 49.5 Å². The summed E-state index contributed by atoms with van der Waals surface area (Å²) in [5.74, 6) is -2.56. The van der Waals surface area contributed by atoms with Gasteiger partial charge in [-0.1, -0.05) is 12.1 Å². The van der Waals surface area contributed by atoms with E-state index < -0.39 is 36.1 Å². The third-order valence-corrected chi connectivity index (χ3v) is 5.68. The molecule has 1 unspecified atom stereocenters. The van der Waals surface area contributed by atoms with Gasteiger partial charge < -0.3 is 14.4 Å². The first-order valence-corrected chi connectivity index (χ1v) is 10.6. The van der Waals surface area contributed by atoms with Crippen LogP contribution in [0.15, 0.2) is 42.5 Å². The van der Waals surface area contributed by atoms with Crippen molar-refractivity contribution in [3.8, 4) is 0 Å². The van der Waals surface area contributed by atoms with Crippen LogP contribution in [-0.2, 0) is 20.8 Å². The van der Waals surface area contributed by atoms with Crippen LogP contribution in [0.2, 0.25) is 0 Å². The average molecular weight is 454 g/mol. The van der Waals surface area contributed by atoms with Crippen molar-refractivity contribution in [3.05, 3.63) is 70.5 Å². The molecule has 0 radical (unpaired) electrons. The molecule has 0 aromatic heterocycles. The van der Waals surface area contributed by atoms with Gasteiger partial charge in [-0.15, -0.1) is 0 Å². The Morgan fingerprint density at radius 1 is 1.15 bits per heavy atom. The molecule has 2 aromatic rings. The van der Waals surface area contributed by atoms with E-state index in [1.54, 1.807) is 12.1 Å². The van der Waals surface area contributed by atoms with E-state index in [2.05, 4.69) is 0 Å². The number of esters is 1. The van der Waals surface area contributed by atoms with Crippen molar-refractivity contribution in [1.82, 2.24) is 9.80 Å². The summed E-state index contributed by atoms with van der Waals surface area (Å²) in [4.78, 5) is 52.5. The molecule has 33 heavy (non-hydrogen) atoms. The molecule has 2 aliphatic heterocycles. The van der Waals surface area contributed by atoms with Gasteiger partial charge in [-0.3, -0.25) is 19.3 Å². The molecule has 2 aliphatic rings. The molecule has 0 aliphatic carbocycles. The third kappa shape index (κ3) is 4.93. The highest BCUT2D eigenvalue weighted by atomic mass is 19.1. The quantitative estimate of drug-likeness (QED) is 0.471. The normalized spacial score (nSPS) is 17.3. The summed E-state index contributed by atoms with van der Waals surface area (Å²) in [6.45, 7) is 0.433. The van der Waals surface area contributed by atoms with Crippen molar-refractivity contribution < 1.29 is 33.0 Å². The highest BCUT2D eigenvalue weighted by Gasteiger charge is 2.38. The van der Waals surface area contributed by atoms with E-state index in [1.807, 2.05) is 0 Å². The second-order valence-electron chi connectivity index (χ2n) is 8.07. The van der Waals surface area contributed by atoms with Crippen LogP contribution in [-0.4, -0.2) is 66.4 Å². The van der Waals surface area contributed by atoms with Crippen LogP contribution in [0.3, 0.4) is 0 Å². The Morgan fingerprint density at radius 3 is 2.67 bits per heavy atom. The molecule has 1 atom stereocenters. The number of rotatable bonds is 7. The molecule has 0 saturated carbocycles. The molecule has 4 rings (SSSR count). The van der Waals surface area contributed by atoms with Crippen LogP contribution in [0.25, 0.3) is 0 Å². The first-order valence-electron chi connectivity index (χ1n) is 10.6. The van der Waals surface area contributed by atoms with Crippen molar-refractivity contribution in [2.24, 2.45) is 0 Å². The van der Waals surface area contributed by atoms with Crippen LogP contribution in [0.5, 0.6) is 0 Å². The number of benzene rings is 2. The standard InChI is InChI=1S/C24H23FN2O6/c1-26(12-15-4-2-5-17(25)10-15)21(28)14-33-24(31)16-7-8-19-20(11-16)23(30)27(22(19)29)13-18-6-3-9-32-18/h2,4-5,7-8,10-11,18H,3,6,9,12-14H2,1H3. The van der Waals surface area contributed by atoms with Gasteiger partial charge >= 0.3 is 5.97 Å². The molecular weight excluding hydrogens is 431 g/mol. The second kappa shape index (κ2) is 9.50. The highest BCUT2D eigenvalue weighted by Crippen LogP contribution is 2.26. The zero-order valence-electron chi connectivity index (χ0n) is 18.1. The molecule has 0 spiro atoms. The zero-order valence-corrected chi connectivity index (χ0v) is 18.1. The fraction of sp³-hybridized carbons (Fsp3) is 0.333. The third-order valence-electron chi connectivity index (χ3n) is 5.68. The Morgan fingerprint density at radius 2 is 1.94 bits per heavy atom. The number of amides is 3. The average Bonchev–Trinajstić information content (AvgIpc) is 3.40. The summed E-state index contributed by atoms with van der Waals surface area (Å²) in [5, 5.41) is 0. The lowest BCUT2D eigenvalue weighted by molar-refractivity contribution is -0.133. The minimum atomic E-state index is -0.789. The smallest absolute Gasteiger partial charge is 0.338 e. The number of fused-ring (bicyclic) bond motifs is 1. The van der Waals surface area contributed by atoms with Crippen molar-refractivity contribution in [3.63, 3.8) is 0 Å². The Labute approximate surface area is 189 Å². The fourth-order valence-electron chi connectivity index (χ4n) is 3.89. The molecule has 2 aromatic carbocycles. The van der Waals surface area contributed by atoms with Gasteiger partial charge in [-0.2, -0.15) is 0 Å². The van der Waals surface area contributed by atoms with Crippen molar-refractivity contribution in [1.29, 1.82) is 0 Å². The summed E-state index contributed by atoms with van der Waals surface area (Å²) in [6.07, 6.45) is 1.50. The van der Waals surface area contributed by atoms with E-state index in [0.29, 0.717) is 12.2 Å². The molecule has 1 saturated heterocycles. The fourth-order valence-corrected chi connectivity index (χ4v) is 3.89. The molecule has 1 fully saturated rings. The molecule has 9 heteroatoms. The lowest BCUT2D eigenvalue weighted by Gasteiger charge is -2.17. The number of carbonyl (C=O) groups excluding carboxylic acids is 4. The highest BCUT2D eigenvalue weighted by molar-refractivity contribution is 6.22. The monoisotopic (exact) mass is 454 g/mol. The molecule has 0 bridgehead atoms. The lowest BCUT2D eigenvalue weighted by atomic mass is 10.1. The summed E-state index contributed by atoms with van der Waals surface area (Å²) >= 11 is 0. The van der Waals surface area contributed by atoms with Crippen molar-refractivity contribution >= 4 is 23.7 Å². The molecule has 0 N–H and O–H groups in total. The van der Waals surface area contributed by atoms with Crippen LogP contribution in [0.4, 0.5) is 4.39 Å². The van der Waals surface area contributed by atoms with Crippen molar-refractivity contribution in [2.75, 3.05) is 26.8 Å². The Hall–Kier alpha value is -3.59. The van der Waals surface area contributed by atoms with Gasteiger partial charge in [-0.25, -0.2) is 9.18 Å². The SMILES string of the molecule is CN(Cc1cccc(F)c1)C(=O)COC(=O)c1ccc2c(c1)C(=O)N(CC1CCCO1)C2=O. The van der Waals surface area contributed by atoms with Crippen LogP contribution in [0, 0.1) is 5.82 Å². The predicted octanol–water partition coefficient (Wildman–Crippen LogP) is 2.42. The molecule has 8 nitrogen and oxygen atoms in total. The summed E-state index contributed by atoms with van der Waals surface area (Å²) in [5.41, 5.74) is 1.02. The topological polar surface area (TPSA) is 93.2 Å². The van der Waals surface area contributed by atoms with E-state index in [-0.39, 0.29) is 35.9 Å². The molecule has 2 heterocycles. The van der Waals surface area contributed by atoms with Gasteiger partial charge in [0.25, 0.3) is 17.7 Å². The van der Waals surface area contributed by atoms with Gasteiger partial charge in [0, 0.05) is 20.2 Å². The van der Waals surface area contributed by atoms with Gasteiger partial charge in [0.05, 0.1) is 29.3 Å². The molecule has 3 amide bonds. The van der Waals surface area contributed by atoms with Gasteiger partial charge in [0.15, 0.2) is 6.61 Å². The lowest BCUT2D eigenvalue weighted by Crippen LogP contribution is -2.36. The van der Waals surface area contributed by atoms with E-state index >= 15 is 0 Å². The maximum Gasteiger partial charge on any atom is 0.338 e. The zero-order chi connectivity index (χ0) is 23.5. The predicted molar refractivity (Wildman–Crippen MR) is 114 cm³/mol. The number of hydrogen-bond donors (Lipinski definition) is 0. The summed E-state index contributed by atoms with van der Waals surface area (Å²) < 4.78 is 23.9. The number of ether oxygens (including phenoxy) is 2. The van der Waals surface area contributed by atoms with E-state index in [0.717, 1.165) is 17.7 Å². The number of nitrogens with zero attached hydrogens (tertiary/aromatic N) is 2. The van der Waals surface area contributed by atoms with E-state index in [9.17, 15) is 23.6 Å². The van der Waals surface area contributed by atoms with Gasteiger partial charge in [0.1, 0.15) is 5.82 Å².